The Labute approximate surface area is 130 Å². The number of nitrogens with zero attached hydrogens (tertiary/aromatic N) is 1. The second-order valence-corrected chi connectivity index (χ2v) is 7.81. The van der Waals surface area contributed by atoms with E-state index < -0.39 is 10.0 Å². The van der Waals surface area contributed by atoms with E-state index in [1.807, 2.05) is 11.4 Å². The molecule has 2 heterocycles. The van der Waals surface area contributed by atoms with Crippen LogP contribution in [0.25, 0.3) is 0 Å². The SMILES string of the molecule is CNCc1c(S(=O)(=O)NCc2cc(Br)cs2)n[nH]c1C. The third-order valence-corrected chi connectivity index (χ3v) is 5.77. The van der Waals surface area contributed by atoms with Crippen LogP contribution in [0.4, 0.5) is 0 Å². The number of rotatable bonds is 6. The zero-order chi connectivity index (χ0) is 14.8. The highest BCUT2D eigenvalue weighted by molar-refractivity contribution is 9.10. The van der Waals surface area contributed by atoms with Crippen LogP contribution in [0.15, 0.2) is 20.9 Å². The van der Waals surface area contributed by atoms with Crippen LogP contribution < -0.4 is 10.0 Å². The van der Waals surface area contributed by atoms with Gasteiger partial charge in [-0.05, 0) is 36.0 Å². The van der Waals surface area contributed by atoms with Gasteiger partial charge < -0.3 is 5.32 Å². The fraction of sp³-hybridized carbons (Fsp3) is 0.364. The Bertz CT molecular complexity index is 693. The van der Waals surface area contributed by atoms with Crippen molar-refractivity contribution >= 4 is 37.3 Å². The van der Waals surface area contributed by atoms with Gasteiger partial charge >= 0.3 is 0 Å². The van der Waals surface area contributed by atoms with Gasteiger partial charge in [-0.15, -0.1) is 11.3 Å². The van der Waals surface area contributed by atoms with Crippen molar-refractivity contribution in [2.75, 3.05) is 7.05 Å². The number of aryl methyl sites for hydroxylation is 1. The van der Waals surface area contributed by atoms with Crippen molar-refractivity contribution in [3.05, 3.63) is 32.1 Å². The second-order valence-electron chi connectivity index (χ2n) is 4.22. The number of thiophene rings is 1. The Kier molecular flexibility index (Phi) is 4.97. The molecule has 20 heavy (non-hydrogen) atoms. The van der Waals surface area contributed by atoms with E-state index in [0.29, 0.717) is 12.1 Å². The second kappa shape index (κ2) is 6.35. The number of aromatic nitrogens is 2. The third-order valence-electron chi connectivity index (χ3n) is 2.70. The lowest BCUT2D eigenvalue weighted by atomic mass is 10.3. The molecule has 9 heteroatoms. The van der Waals surface area contributed by atoms with Gasteiger partial charge in [-0.1, -0.05) is 0 Å². The first-order valence-electron chi connectivity index (χ1n) is 5.85. The van der Waals surface area contributed by atoms with Crippen LogP contribution in [0.2, 0.25) is 0 Å². The molecule has 2 rings (SSSR count). The van der Waals surface area contributed by atoms with Crippen LogP contribution in [0, 0.1) is 6.92 Å². The molecule has 0 spiro atoms. The van der Waals surface area contributed by atoms with Gasteiger partial charge in [0.25, 0.3) is 10.0 Å². The van der Waals surface area contributed by atoms with Crippen LogP contribution in [0.1, 0.15) is 16.1 Å². The van der Waals surface area contributed by atoms with E-state index in [9.17, 15) is 8.42 Å². The van der Waals surface area contributed by atoms with Gasteiger partial charge in [-0.2, -0.15) is 5.10 Å². The first-order chi connectivity index (χ1) is 9.44. The minimum atomic E-state index is -3.62. The predicted molar refractivity (Wildman–Crippen MR) is 82.1 cm³/mol. The van der Waals surface area contributed by atoms with Crippen LogP contribution in [0.5, 0.6) is 0 Å². The van der Waals surface area contributed by atoms with Gasteiger partial charge in [0.1, 0.15) is 0 Å². The maximum absolute atomic E-state index is 12.3. The van der Waals surface area contributed by atoms with E-state index in [-0.39, 0.29) is 11.6 Å². The van der Waals surface area contributed by atoms with Crippen molar-refractivity contribution in [3.63, 3.8) is 0 Å². The highest BCUT2D eigenvalue weighted by atomic mass is 79.9. The Morgan fingerprint density at radius 2 is 2.20 bits per heavy atom. The number of hydrogen-bond donors (Lipinski definition) is 3. The maximum atomic E-state index is 12.3. The Morgan fingerprint density at radius 3 is 2.80 bits per heavy atom. The number of hydrogen-bond acceptors (Lipinski definition) is 5. The molecule has 0 saturated heterocycles. The minimum Gasteiger partial charge on any atom is -0.316 e. The number of halogens is 1. The van der Waals surface area contributed by atoms with E-state index in [1.165, 1.54) is 11.3 Å². The number of sulfonamides is 1. The van der Waals surface area contributed by atoms with E-state index in [0.717, 1.165) is 15.0 Å². The molecule has 0 amide bonds. The highest BCUT2D eigenvalue weighted by Gasteiger charge is 2.23. The summed E-state index contributed by atoms with van der Waals surface area (Å²) in [7, 11) is -1.86. The number of H-pyrrole nitrogens is 1. The Hall–Kier alpha value is -0.740. The summed E-state index contributed by atoms with van der Waals surface area (Å²) in [5.41, 5.74) is 1.41. The monoisotopic (exact) mass is 378 g/mol. The molecule has 0 radical (unpaired) electrons. The molecule has 0 saturated carbocycles. The van der Waals surface area contributed by atoms with Crippen molar-refractivity contribution in [2.45, 2.75) is 25.0 Å². The van der Waals surface area contributed by atoms with Gasteiger partial charge in [0.05, 0.1) is 0 Å². The molecule has 3 N–H and O–H groups in total. The lowest BCUT2D eigenvalue weighted by Gasteiger charge is -2.06. The molecule has 2 aromatic rings. The van der Waals surface area contributed by atoms with Crippen molar-refractivity contribution in [1.82, 2.24) is 20.2 Å². The highest BCUT2D eigenvalue weighted by Crippen LogP contribution is 2.21. The topological polar surface area (TPSA) is 86.9 Å². The van der Waals surface area contributed by atoms with Crippen LogP contribution >= 0.6 is 27.3 Å². The zero-order valence-electron chi connectivity index (χ0n) is 11.0. The average Bonchev–Trinajstić information content (AvgIpc) is 2.96. The molecule has 110 valence electrons. The summed E-state index contributed by atoms with van der Waals surface area (Å²) in [4.78, 5) is 0.933. The third kappa shape index (κ3) is 3.47. The predicted octanol–water partition coefficient (Wildman–Crippen LogP) is 1.74. The van der Waals surface area contributed by atoms with Crippen molar-refractivity contribution in [1.29, 1.82) is 0 Å². The van der Waals surface area contributed by atoms with Crippen molar-refractivity contribution in [3.8, 4) is 0 Å². The quantitative estimate of drug-likeness (QED) is 0.714. The van der Waals surface area contributed by atoms with Crippen LogP contribution in [0.3, 0.4) is 0 Å². The van der Waals surface area contributed by atoms with Crippen molar-refractivity contribution in [2.24, 2.45) is 0 Å². The Morgan fingerprint density at radius 1 is 1.45 bits per heavy atom. The average molecular weight is 379 g/mol. The summed E-state index contributed by atoms with van der Waals surface area (Å²) >= 11 is 4.83. The molecular weight excluding hydrogens is 364 g/mol. The maximum Gasteiger partial charge on any atom is 0.260 e. The molecule has 0 unspecified atom stereocenters. The molecule has 0 atom stereocenters. The van der Waals surface area contributed by atoms with Crippen molar-refractivity contribution < 1.29 is 8.42 Å². The smallest absolute Gasteiger partial charge is 0.260 e. The molecule has 0 aliphatic heterocycles. The molecule has 0 bridgehead atoms. The van der Waals surface area contributed by atoms with Gasteiger partial charge in [-0.3, -0.25) is 5.10 Å². The van der Waals surface area contributed by atoms with Crippen LogP contribution in [-0.2, 0) is 23.1 Å². The lowest BCUT2D eigenvalue weighted by molar-refractivity contribution is 0.575. The summed E-state index contributed by atoms with van der Waals surface area (Å²) in [6, 6.07) is 1.89. The van der Waals surface area contributed by atoms with E-state index >= 15 is 0 Å². The molecule has 0 aliphatic rings. The fourth-order valence-corrected chi connectivity index (χ4v) is 4.40. The number of nitrogens with one attached hydrogen (secondary N) is 3. The summed E-state index contributed by atoms with van der Waals surface area (Å²) in [6.07, 6.45) is 0. The summed E-state index contributed by atoms with van der Waals surface area (Å²) < 4.78 is 28.1. The van der Waals surface area contributed by atoms with E-state index in [4.69, 9.17) is 0 Å². The molecule has 0 aliphatic carbocycles. The van der Waals surface area contributed by atoms with Gasteiger partial charge in [0.2, 0.25) is 0 Å². The Balaban J connectivity index is 2.18. The van der Waals surface area contributed by atoms with E-state index in [1.54, 1.807) is 14.0 Å². The lowest BCUT2D eigenvalue weighted by Crippen LogP contribution is -2.25. The molecule has 2 aromatic heterocycles. The minimum absolute atomic E-state index is 0.0555. The molecule has 0 aromatic carbocycles. The summed E-state index contributed by atoms with van der Waals surface area (Å²) in [6.45, 7) is 2.50. The summed E-state index contributed by atoms with van der Waals surface area (Å²) in [5, 5.41) is 11.5. The summed E-state index contributed by atoms with van der Waals surface area (Å²) in [5.74, 6) is 0. The zero-order valence-corrected chi connectivity index (χ0v) is 14.2. The number of aromatic amines is 1. The van der Waals surface area contributed by atoms with Gasteiger partial charge in [-0.25, -0.2) is 13.1 Å². The van der Waals surface area contributed by atoms with Gasteiger partial charge in [0.15, 0.2) is 5.03 Å². The van der Waals surface area contributed by atoms with E-state index in [2.05, 4.69) is 36.2 Å². The first kappa shape index (κ1) is 15.6. The van der Waals surface area contributed by atoms with Gasteiger partial charge in [0, 0.05) is 39.1 Å². The molecular formula is C11H15BrN4O2S2. The standard InChI is InChI=1S/C11H15BrN4O2S2/c1-7-10(5-13-2)11(16-15-7)20(17,18)14-4-9-3-8(12)6-19-9/h3,6,13-14H,4-5H2,1-2H3,(H,15,16). The van der Waals surface area contributed by atoms with Crippen LogP contribution in [-0.4, -0.2) is 25.7 Å². The first-order valence-corrected chi connectivity index (χ1v) is 9.00. The largest absolute Gasteiger partial charge is 0.316 e. The normalized spacial score (nSPS) is 11.9. The fourth-order valence-electron chi connectivity index (χ4n) is 1.72. The molecule has 6 nitrogen and oxygen atoms in total. The molecule has 0 fully saturated rings.